The van der Waals surface area contributed by atoms with Crippen molar-refractivity contribution in [2.24, 2.45) is 9.98 Å². The zero-order valence-corrected chi connectivity index (χ0v) is 5.93. The SMILES string of the molecule is C1=CN=c2sccc2=CN=1. The highest BCUT2D eigenvalue weighted by molar-refractivity contribution is 7.07. The highest BCUT2D eigenvalue weighted by Crippen LogP contribution is 1.82. The van der Waals surface area contributed by atoms with Crippen LogP contribution in [0.2, 0.25) is 0 Å². The number of thiophene rings is 1. The molecule has 0 bridgehead atoms. The summed E-state index contributed by atoms with van der Waals surface area (Å²) in [6.07, 6.45) is 3.34. The van der Waals surface area contributed by atoms with E-state index in [0.717, 1.165) is 9.89 Å². The quantitative estimate of drug-likeness (QED) is 0.505. The minimum absolute atomic E-state index is 1.01. The number of fused-ring (bicyclic) bond motifs is 1. The van der Waals surface area contributed by atoms with E-state index in [1.54, 1.807) is 23.7 Å². The molecule has 0 radical (unpaired) electrons. The molecule has 1 aliphatic rings. The number of aliphatic imine (C=N–C) groups is 1. The van der Waals surface area contributed by atoms with Gasteiger partial charge >= 0.3 is 0 Å². The minimum atomic E-state index is 1.01. The second kappa shape index (κ2) is 2.21. The molecule has 0 atom stereocenters. The monoisotopic (exact) mass is 148 g/mol. The maximum absolute atomic E-state index is 4.10. The third kappa shape index (κ3) is 0.817. The van der Waals surface area contributed by atoms with Crippen molar-refractivity contribution in [1.29, 1.82) is 0 Å². The molecule has 0 aliphatic carbocycles. The topological polar surface area (TPSA) is 24.7 Å². The van der Waals surface area contributed by atoms with Gasteiger partial charge in [-0.05, 0) is 11.4 Å². The highest BCUT2D eigenvalue weighted by atomic mass is 32.1. The molecule has 1 aliphatic heterocycles. The van der Waals surface area contributed by atoms with Crippen LogP contribution in [0.4, 0.5) is 0 Å². The first-order valence-electron chi connectivity index (χ1n) is 2.85. The average Bonchev–Trinajstić information content (AvgIpc) is 2.28. The van der Waals surface area contributed by atoms with Crippen LogP contribution in [-0.4, -0.2) is 5.87 Å². The maximum Gasteiger partial charge on any atom is 0.125 e. The fourth-order valence-corrected chi connectivity index (χ4v) is 1.46. The van der Waals surface area contributed by atoms with Crippen LogP contribution in [0.5, 0.6) is 0 Å². The summed E-state index contributed by atoms with van der Waals surface area (Å²) in [5.74, 6) is 2.66. The fourth-order valence-electron chi connectivity index (χ4n) is 0.742. The maximum atomic E-state index is 4.10. The van der Waals surface area contributed by atoms with Crippen molar-refractivity contribution < 1.29 is 0 Å². The van der Waals surface area contributed by atoms with E-state index in [4.69, 9.17) is 0 Å². The molecule has 1 aromatic rings. The average molecular weight is 148 g/mol. The molecule has 2 heterocycles. The lowest BCUT2D eigenvalue weighted by molar-refractivity contribution is 1.42. The van der Waals surface area contributed by atoms with E-state index < -0.39 is 0 Å². The Morgan fingerprint density at radius 1 is 1.50 bits per heavy atom. The van der Waals surface area contributed by atoms with Crippen LogP contribution < -0.4 is 9.89 Å². The second-order valence-corrected chi connectivity index (χ2v) is 2.72. The first-order chi connectivity index (χ1) is 4.97. The van der Waals surface area contributed by atoms with Crippen molar-refractivity contribution >= 4 is 23.4 Å². The van der Waals surface area contributed by atoms with Gasteiger partial charge in [-0.15, -0.1) is 11.3 Å². The standard InChI is InChI=1S/C7H4N2S/c1-4-10-7-6(1)5-8-2-3-9-7/h1,3-5H. The summed E-state index contributed by atoms with van der Waals surface area (Å²) in [5.41, 5.74) is 0. The molecule has 0 spiro atoms. The van der Waals surface area contributed by atoms with Crippen LogP contribution >= 0.6 is 11.3 Å². The van der Waals surface area contributed by atoms with Gasteiger partial charge in [-0.2, -0.15) is 0 Å². The fraction of sp³-hybridized carbons (Fsp3) is 0. The van der Waals surface area contributed by atoms with E-state index in [1.165, 1.54) is 0 Å². The lowest BCUT2D eigenvalue weighted by Gasteiger charge is -1.68. The molecule has 0 unspecified atom stereocenters. The molecule has 0 amide bonds. The van der Waals surface area contributed by atoms with Gasteiger partial charge < -0.3 is 0 Å². The van der Waals surface area contributed by atoms with Crippen LogP contribution in [0.3, 0.4) is 0 Å². The molecule has 0 fully saturated rings. The number of nitrogens with zero attached hydrogens (tertiary/aromatic N) is 2. The van der Waals surface area contributed by atoms with Crippen LogP contribution in [0.15, 0.2) is 27.6 Å². The van der Waals surface area contributed by atoms with E-state index in [-0.39, 0.29) is 0 Å². The van der Waals surface area contributed by atoms with Gasteiger partial charge in [-0.3, -0.25) is 0 Å². The van der Waals surface area contributed by atoms with Crippen molar-refractivity contribution in [3.8, 4) is 0 Å². The summed E-state index contributed by atoms with van der Waals surface area (Å²) < 4.78 is 1.01. The van der Waals surface area contributed by atoms with Gasteiger partial charge in [0, 0.05) is 17.3 Å². The van der Waals surface area contributed by atoms with Crippen molar-refractivity contribution in [3.05, 3.63) is 27.5 Å². The summed E-state index contributed by atoms with van der Waals surface area (Å²) >= 11 is 1.61. The summed E-state index contributed by atoms with van der Waals surface area (Å²) in [7, 11) is 0. The predicted octanol–water partition coefficient (Wildman–Crippen LogP) is 0.303. The van der Waals surface area contributed by atoms with Gasteiger partial charge in [0.25, 0.3) is 0 Å². The van der Waals surface area contributed by atoms with Crippen molar-refractivity contribution in [2.45, 2.75) is 0 Å². The van der Waals surface area contributed by atoms with Gasteiger partial charge in [0.05, 0.1) is 6.20 Å². The Hall–Kier alpha value is -1.18. The summed E-state index contributed by atoms with van der Waals surface area (Å²) in [5, 5.41) is 3.07. The Balaban J connectivity index is 2.94. The van der Waals surface area contributed by atoms with E-state index in [1.807, 2.05) is 11.4 Å². The number of rotatable bonds is 0. The van der Waals surface area contributed by atoms with Crippen LogP contribution in [-0.2, 0) is 0 Å². The number of hydrogen-bond acceptors (Lipinski definition) is 3. The molecule has 0 N–H and O–H groups in total. The van der Waals surface area contributed by atoms with Gasteiger partial charge in [0.1, 0.15) is 4.67 Å². The van der Waals surface area contributed by atoms with Gasteiger partial charge in [-0.25, -0.2) is 9.98 Å². The Kier molecular flexibility index (Phi) is 1.24. The first kappa shape index (κ1) is 5.59. The summed E-state index contributed by atoms with van der Waals surface area (Å²) in [4.78, 5) is 7.97. The summed E-state index contributed by atoms with van der Waals surface area (Å²) in [6.45, 7) is 0. The number of hydrogen-bond donors (Lipinski definition) is 0. The van der Waals surface area contributed by atoms with Gasteiger partial charge in [-0.1, -0.05) is 0 Å². The van der Waals surface area contributed by atoms with Crippen molar-refractivity contribution in [2.75, 3.05) is 0 Å². The highest BCUT2D eigenvalue weighted by Gasteiger charge is 1.86. The molecule has 48 valence electrons. The zero-order chi connectivity index (χ0) is 6.81. The summed E-state index contributed by atoms with van der Waals surface area (Å²) in [6, 6.07) is 1.99. The first-order valence-corrected chi connectivity index (χ1v) is 3.73. The second-order valence-electron chi connectivity index (χ2n) is 1.83. The van der Waals surface area contributed by atoms with E-state index in [9.17, 15) is 0 Å². The predicted molar refractivity (Wildman–Crippen MR) is 41.6 cm³/mol. The third-order valence-corrected chi connectivity index (χ3v) is 2.03. The largest absolute Gasteiger partial charge is 0.235 e. The van der Waals surface area contributed by atoms with Crippen molar-refractivity contribution in [3.63, 3.8) is 0 Å². The van der Waals surface area contributed by atoms with Crippen molar-refractivity contribution in [1.82, 2.24) is 0 Å². The Bertz CT molecular complexity index is 373. The van der Waals surface area contributed by atoms with Crippen LogP contribution in [0, 0.1) is 0 Å². The Morgan fingerprint density at radius 2 is 2.50 bits per heavy atom. The smallest absolute Gasteiger partial charge is 0.125 e. The third-order valence-electron chi connectivity index (χ3n) is 1.19. The van der Waals surface area contributed by atoms with Gasteiger partial charge in [0.2, 0.25) is 0 Å². The molecule has 2 rings (SSSR count). The molecular formula is C7H4N2S. The zero-order valence-electron chi connectivity index (χ0n) is 5.11. The minimum Gasteiger partial charge on any atom is -0.235 e. The van der Waals surface area contributed by atoms with E-state index in [2.05, 4.69) is 15.9 Å². The molecule has 0 aromatic carbocycles. The van der Waals surface area contributed by atoms with E-state index in [0.29, 0.717) is 0 Å². The molecule has 0 saturated heterocycles. The Morgan fingerprint density at radius 3 is 3.50 bits per heavy atom. The van der Waals surface area contributed by atoms with Gasteiger partial charge in [0.15, 0.2) is 0 Å². The molecule has 10 heavy (non-hydrogen) atoms. The molecule has 2 nitrogen and oxygen atoms in total. The van der Waals surface area contributed by atoms with E-state index >= 15 is 0 Å². The molecule has 3 heteroatoms. The molecule has 1 aromatic heterocycles. The van der Waals surface area contributed by atoms with Crippen LogP contribution in [0.1, 0.15) is 0 Å². The Labute approximate surface area is 61.6 Å². The molecule has 0 saturated carbocycles. The van der Waals surface area contributed by atoms with Crippen LogP contribution in [0.25, 0.3) is 6.20 Å². The molecular weight excluding hydrogens is 144 g/mol. The lowest BCUT2D eigenvalue weighted by Crippen LogP contribution is -2.16. The normalized spacial score (nSPS) is 13.2. The lowest BCUT2D eigenvalue weighted by atomic mass is 10.5.